The Morgan fingerprint density at radius 2 is 1.93 bits per heavy atom. The Kier molecular flexibility index (Phi) is 4.77. The van der Waals surface area contributed by atoms with Gasteiger partial charge in [0.25, 0.3) is 11.6 Å². The molecule has 29 heavy (non-hydrogen) atoms. The number of nitriles is 1. The Morgan fingerprint density at radius 1 is 1.21 bits per heavy atom. The van der Waals surface area contributed by atoms with E-state index in [4.69, 9.17) is 0 Å². The molecule has 0 spiro atoms. The Morgan fingerprint density at radius 3 is 2.62 bits per heavy atom. The molecule has 1 fully saturated rings. The number of aromatic nitrogens is 1. The molecule has 7 heteroatoms. The minimum atomic E-state index is -0.432. The number of carbonyl (C=O) groups excluding carboxylic acids is 1. The van der Waals surface area contributed by atoms with Crippen molar-refractivity contribution in [2.45, 2.75) is 19.8 Å². The number of rotatable bonds is 3. The third-order valence-corrected chi connectivity index (χ3v) is 5.59. The van der Waals surface area contributed by atoms with Crippen molar-refractivity contribution in [3.05, 3.63) is 69.9 Å². The maximum atomic E-state index is 13.1. The van der Waals surface area contributed by atoms with E-state index in [9.17, 15) is 20.2 Å². The number of hydrogen-bond donors (Lipinski definition) is 0. The SMILES string of the molecule is CC1CCN(c2ccc(C(=O)n3cc(C#N)c4ccccc43)cc2[N+](=O)[O-])CC1. The first-order chi connectivity index (χ1) is 14.0. The van der Waals surface area contributed by atoms with Crippen LogP contribution in [0.1, 0.15) is 35.7 Å². The lowest BCUT2D eigenvalue weighted by Crippen LogP contribution is -2.33. The zero-order chi connectivity index (χ0) is 20.5. The van der Waals surface area contributed by atoms with Gasteiger partial charge >= 0.3 is 0 Å². The Labute approximate surface area is 167 Å². The molecule has 0 bridgehead atoms. The maximum absolute atomic E-state index is 13.1. The molecule has 0 N–H and O–H groups in total. The minimum Gasteiger partial charge on any atom is -0.366 e. The third-order valence-electron chi connectivity index (χ3n) is 5.59. The molecule has 4 rings (SSSR count). The summed E-state index contributed by atoms with van der Waals surface area (Å²) in [6.07, 6.45) is 3.47. The molecule has 1 aliphatic rings. The summed E-state index contributed by atoms with van der Waals surface area (Å²) < 4.78 is 1.38. The smallest absolute Gasteiger partial charge is 0.293 e. The second kappa shape index (κ2) is 7.40. The number of hydrogen-bond acceptors (Lipinski definition) is 5. The Balaban J connectivity index is 1.75. The topological polar surface area (TPSA) is 92.2 Å². The Bertz CT molecular complexity index is 1150. The minimum absolute atomic E-state index is 0.0672. The molecule has 1 saturated heterocycles. The summed E-state index contributed by atoms with van der Waals surface area (Å²) in [5.74, 6) is 0.215. The fourth-order valence-corrected chi connectivity index (χ4v) is 3.90. The van der Waals surface area contributed by atoms with Crippen molar-refractivity contribution in [2.75, 3.05) is 18.0 Å². The van der Waals surface area contributed by atoms with Gasteiger partial charge in [0.1, 0.15) is 11.8 Å². The zero-order valence-electron chi connectivity index (χ0n) is 16.0. The predicted octanol–water partition coefficient (Wildman–Crippen LogP) is 4.35. The van der Waals surface area contributed by atoms with Crippen LogP contribution < -0.4 is 4.90 Å². The van der Waals surface area contributed by atoms with Crippen LogP contribution in [-0.2, 0) is 0 Å². The number of piperidine rings is 1. The van der Waals surface area contributed by atoms with Gasteiger partial charge in [-0.2, -0.15) is 5.26 Å². The van der Waals surface area contributed by atoms with Crippen molar-refractivity contribution < 1.29 is 9.72 Å². The number of nitrogens with zero attached hydrogens (tertiary/aromatic N) is 4. The molecule has 0 amide bonds. The predicted molar refractivity (Wildman–Crippen MR) is 110 cm³/mol. The van der Waals surface area contributed by atoms with E-state index in [1.165, 1.54) is 16.8 Å². The second-order valence-electron chi connectivity index (χ2n) is 7.48. The summed E-state index contributed by atoms with van der Waals surface area (Å²) in [6.45, 7) is 3.72. The van der Waals surface area contributed by atoms with Crippen LogP contribution in [0.25, 0.3) is 10.9 Å². The number of para-hydroxylation sites is 1. The average Bonchev–Trinajstić information content (AvgIpc) is 3.12. The van der Waals surface area contributed by atoms with E-state index >= 15 is 0 Å². The van der Waals surface area contributed by atoms with Crippen LogP contribution >= 0.6 is 0 Å². The fourth-order valence-electron chi connectivity index (χ4n) is 3.90. The highest BCUT2D eigenvalue weighted by Gasteiger charge is 2.25. The number of carbonyl (C=O) groups is 1. The van der Waals surface area contributed by atoms with Gasteiger partial charge in [0, 0.05) is 36.3 Å². The van der Waals surface area contributed by atoms with E-state index in [2.05, 4.69) is 13.0 Å². The average molecular weight is 388 g/mol. The van der Waals surface area contributed by atoms with Gasteiger partial charge in [-0.1, -0.05) is 25.1 Å². The molecule has 146 valence electrons. The summed E-state index contributed by atoms with van der Waals surface area (Å²) >= 11 is 0. The van der Waals surface area contributed by atoms with Crippen molar-refractivity contribution >= 4 is 28.2 Å². The largest absolute Gasteiger partial charge is 0.366 e. The third kappa shape index (κ3) is 3.34. The van der Waals surface area contributed by atoms with Crippen LogP contribution in [-0.4, -0.2) is 28.5 Å². The summed E-state index contributed by atoms with van der Waals surface area (Å²) in [7, 11) is 0. The summed E-state index contributed by atoms with van der Waals surface area (Å²) in [5, 5.41) is 21.7. The van der Waals surface area contributed by atoms with Crippen molar-refractivity contribution in [3.63, 3.8) is 0 Å². The first-order valence-corrected chi connectivity index (χ1v) is 9.58. The first kappa shape index (κ1) is 18.7. The van der Waals surface area contributed by atoms with Gasteiger partial charge in [0.15, 0.2) is 0 Å². The summed E-state index contributed by atoms with van der Waals surface area (Å²) in [5.41, 5.74) is 1.69. The fraction of sp³-hybridized carbons (Fsp3) is 0.273. The molecule has 2 aromatic carbocycles. The van der Waals surface area contributed by atoms with E-state index in [0.717, 1.165) is 25.9 Å². The van der Waals surface area contributed by atoms with Gasteiger partial charge < -0.3 is 4.90 Å². The molecular weight excluding hydrogens is 368 g/mol. The van der Waals surface area contributed by atoms with Gasteiger partial charge in [-0.05, 0) is 37.0 Å². The second-order valence-corrected chi connectivity index (χ2v) is 7.48. The molecule has 0 atom stereocenters. The molecular formula is C22H20N4O3. The van der Waals surface area contributed by atoms with Gasteiger partial charge in [0.05, 0.1) is 16.0 Å². The molecule has 2 heterocycles. The van der Waals surface area contributed by atoms with Gasteiger partial charge in [-0.3, -0.25) is 19.5 Å². The van der Waals surface area contributed by atoms with Gasteiger partial charge in [-0.15, -0.1) is 0 Å². The summed E-state index contributed by atoms with van der Waals surface area (Å²) in [6, 6.07) is 13.9. The number of nitro benzene ring substituents is 1. The Hall–Kier alpha value is -3.66. The van der Waals surface area contributed by atoms with Crippen LogP contribution in [0.5, 0.6) is 0 Å². The normalized spacial score (nSPS) is 14.7. The highest BCUT2D eigenvalue weighted by molar-refractivity contribution is 6.04. The van der Waals surface area contributed by atoms with E-state index in [1.807, 2.05) is 4.90 Å². The van der Waals surface area contributed by atoms with Crippen LogP contribution in [0, 0.1) is 27.4 Å². The number of anilines is 1. The lowest BCUT2D eigenvalue weighted by atomic mass is 9.98. The first-order valence-electron chi connectivity index (χ1n) is 9.58. The molecule has 0 unspecified atom stereocenters. The van der Waals surface area contributed by atoms with E-state index in [1.54, 1.807) is 36.4 Å². The highest BCUT2D eigenvalue weighted by Crippen LogP contribution is 2.33. The van der Waals surface area contributed by atoms with Crippen LogP contribution in [0.4, 0.5) is 11.4 Å². The molecule has 1 aliphatic heterocycles. The monoisotopic (exact) mass is 388 g/mol. The molecule has 0 saturated carbocycles. The lowest BCUT2D eigenvalue weighted by molar-refractivity contribution is -0.384. The van der Waals surface area contributed by atoms with E-state index < -0.39 is 10.8 Å². The zero-order valence-corrected chi connectivity index (χ0v) is 16.0. The van der Waals surface area contributed by atoms with Crippen molar-refractivity contribution in [1.82, 2.24) is 4.57 Å². The molecule has 0 radical (unpaired) electrons. The van der Waals surface area contributed by atoms with Crippen LogP contribution in [0.15, 0.2) is 48.7 Å². The highest BCUT2D eigenvalue weighted by atomic mass is 16.6. The lowest BCUT2D eigenvalue weighted by Gasteiger charge is -2.31. The van der Waals surface area contributed by atoms with Crippen LogP contribution in [0.3, 0.4) is 0 Å². The van der Waals surface area contributed by atoms with Gasteiger partial charge in [0.2, 0.25) is 0 Å². The van der Waals surface area contributed by atoms with E-state index in [-0.39, 0.29) is 11.3 Å². The van der Waals surface area contributed by atoms with Crippen LogP contribution in [0.2, 0.25) is 0 Å². The van der Waals surface area contributed by atoms with Crippen molar-refractivity contribution in [2.24, 2.45) is 5.92 Å². The molecule has 7 nitrogen and oxygen atoms in total. The number of fused-ring (bicyclic) bond motifs is 1. The van der Waals surface area contributed by atoms with Crippen molar-refractivity contribution in [3.8, 4) is 6.07 Å². The number of nitro groups is 1. The van der Waals surface area contributed by atoms with E-state index in [0.29, 0.717) is 28.1 Å². The quantitative estimate of drug-likeness (QED) is 0.491. The standard InChI is InChI=1S/C22H20N4O3/c1-15-8-10-24(11-9-15)20-7-6-16(12-21(20)26(28)29)22(27)25-14-17(13-23)18-4-2-3-5-19(18)25/h2-7,12,14-15H,8-11H2,1H3. The summed E-state index contributed by atoms with van der Waals surface area (Å²) in [4.78, 5) is 26.4. The van der Waals surface area contributed by atoms with Gasteiger partial charge in [-0.25, -0.2) is 0 Å². The maximum Gasteiger partial charge on any atom is 0.293 e. The van der Waals surface area contributed by atoms with Crippen molar-refractivity contribution in [1.29, 1.82) is 5.26 Å². The molecule has 3 aromatic rings. The number of benzene rings is 2. The molecule has 1 aromatic heterocycles. The molecule has 0 aliphatic carbocycles.